The van der Waals surface area contributed by atoms with Gasteiger partial charge in [0.1, 0.15) is 0 Å². The molecule has 0 heterocycles. The van der Waals surface area contributed by atoms with E-state index in [-0.39, 0.29) is 37.0 Å². The van der Waals surface area contributed by atoms with Crippen LogP contribution in [0.4, 0.5) is 0 Å². The van der Waals surface area contributed by atoms with Crippen LogP contribution in [0.25, 0.3) is 0 Å². The van der Waals surface area contributed by atoms with Crippen molar-refractivity contribution in [2.75, 3.05) is 30.4 Å². The molecule has 0 bridgehead atoms. The highest BCUT2D eigenvalue weighted by molar-refractivity contribution is 8.13. The van der Waals surface area contributed by atoms with Gasteiger partial charge in [0, 0.05) is 23.8 Å². The van der Waals surface area contributed by atoms with E-state index in [1.165, 1.54) is 18.2 Å². The summed E-state index contributed by atoms with van der Waals surface area (Å²) in [5.41, 5.74) is 0.841. The molecule has 0 spiro atoms. The third-order valence-electron chi connectivity index (χ3n) is 3.26. The molecule has 0 radical (unpaired) electrons. The lowest BCUT2D eigenvalue weighted by molar-refractivity contribution is 0.273. The van der Waals surface area contributed by atoms with Gasteiger partial charge in [-0.15, -0.1) is 0 Å². The zero-order chi connectivity index (χ0) is 21.1. The molecule has 1 aromatic rings. The van der Waals surface area contributed by atoms with Crippen LogP contribution in [-0.2, 0) is 39.9 Å². The van der Waals surface area contributed by atoms with Gasteiger partial charge in [0.2, 0.25) is 19.1 Å². The second-order valence-electron chi connectivity index (χ2n) is 5.22. The van der Waals surface area contributed by atoms with Gasteiger partial charge in [-0.05, 0) is 19.4 Å². The summed E-state index contributed by atoms with van der Waals surface area (Å²) in [6, 6.07) is 9.14. The molecule has 0 fully saturated rings. The van der Waals surface area contributed by atoms with Crippen molar-refractivity contribution in [2.45, 2.75) is 27.3 Å². The smallest absolute Gasteiger partial charge is 0.267 e. The van der Waals surface area contributed by atoms with Crippen molar-refractivity contribution >= 4 is 39.9 Å². The minimum atomic E-state index is -3.56. The maximum atomic E-state index is 12.0. The molecule has 0 saturated carbocycles. The predicted molar refractivity (Wildman–Crippen MR) is 107 cm³/mol. The number of hydrogen-bond donors (Lipinski definition) is 0. The molecule has 0 saturated heterocycles. The number of nitrogens with zero attached hydrogens (tertiary/aromatic N) is 1. The van der Waals surface area contributed by atoms with E-state index in [4.69, 9.17) is 4.18 Å². The van der Waals surface area contributed by atoms with Crippen LogP contribution in [0, 0.1) is 0 Å². The number of rotatable bonds is 10. The van der Waals surface area contributed by atoms with Crippen molar-refractivity contribution in [3.63, 3.8) is 0 Å². The first-order valence-electron chi connectivity index (χ1n) is 8.18. The van der Waals surface area contributed by atoms with Crippen molar-refractivity contribution in [1.82, 2.24) is 4.31 Å². The maximum Gasteiger partial charge on any atom is 0.267 e. The zero-order valence-electron chi connectivity index (χ0n) is 15.5. The van der Waals surface area contributed by atoms with E-state index in [9.17, 15) is 25.3 Å². The Labute approximate surface area is 167 Å². The van der Waals surface area contributed by atoms with Crippen LogP contribution in [0.15, 0.2) is 30.3 Å². The summed E-state index contributed by atoms with van der Waals surface area (Å²) in [5, 5.41) is 0. The minimum absolute atomic E-state index is 0.00426. The van der Waals surface area contributed by atoms with E-state index < -0.39 is 29.2 Å². The van der Waals surface area contributed by atoms with Gasteiger partial charge in [-0.1, -0.05) is 37.3 Å². The third-order valence-corrected chi connectivity index (χ3v) is 7.67. The summed E-state index contributed by atoms with van der Waals surface area (Å²) in [5.74, 6) is -0.166. The molecule has 158 valence electrons. The molecule has 27 heavy (non-hydrogen) atoms. The standard InChI is InChI=1S/C13H21NO5S2.C2H5ClO2S/c1-3-20(15,16)14(10-11-19-21(17,18)4-2)12-13-8-6-5-7-9-13;1-2-6(3,4)5/h5-9H,3-4,10-12H2,1-2H3;2H2,1H3. The van der Waals surface area contributed by atoms with Crippen molar-refractivity contribution < 1.29 is 29.4 Å². The van der Waals surface area contributed by atoms with Crippen LogP contribution in [-0.4, -0.2) is 60.0 Å². The molecular formula is C15H26ClNO7S3. The molecule has 0 aliphatic heterocycles. The highest BCUT2D eigenvalue weighted by atomic mass is 35.7. The Hall–Kier alpha value is -0.720. The van der Waals surface area contributed by atoms with Crippen molar-refractivity contribution in [1.29, 1.82) is 0 Å². The quantitative estimate of drug-likeness (QED) is 0.383. The van der Waals surface area contributed by atoms with Crippen LogP contribution >= 0.6 is 10.7 Å². The summed E-state index contributed by atoms with van der Waals surface area (Å²) in [6.07, 6.45) is 0. The van der Waals surface area contributed by atoms with Gasteiger partial charge in [-0.25, -0.2) is 16.8 Å². The first-order valence-corrected chi connectivity index (χ1v) is 13.8. The third kappa shape index (κ3) is 12.4. The average molecular weight is 464 g/mol. The van der Waals surface area contributed by atoms with Gasteiger partial charge < -0.3 is 0 Å². The molecule has 0 N–H and O–H groups in total. The molecule has 0 unspecified atom stereocenters. The lowest BCUT2D eigenvalue weighted by Gasteiger charge is -2.21. The van der Waals surface area contributed by atoms with E-state index in [1.807, 2.05) is 30.3 Å². The molecule has 1 rings (SSSR count). The number of benzene rings is 1. The Balaban J connectivity index is 0.000000972. The fourth-order valence-corrected chi connectivity index (χ4v) is 3.19. The van der Waals surface area contributed by atoms with Gasteiger partial charge in [0.05, 0.1) is 23.9 Å². The van der Waals surface area contributed by atoms with Gasteiger partial charge in [0.15, 0.2) is 0 Å². The van der Waals surface area contributed by atoms with Crippen LogP contribution in [0.1, 0.15) is 26.3 Å². The molecule has 0 aliphatic carbocycles. The molecule has 12 heteroatoms. The van der Waals surface area contributed by atoms with E-state index in [1.54, 1.807) is 6.92 Å². The van der Waals surface area contributed by atoms with Gasteiger partial charge in [0.25, 0.3) is 10.1 Å². The summed E-state index contributed by atoms with van der Waals surface area (Å²) in [6.45, 7) is 4.54. The van der Waals surface area contributed by atoms with Crippen molar-refractivity contribution in [3.8, 4) is 0 Å². The molecule has 0 atom stereocenters. The first kappa shape index (κ1) is 26.3. The maximum absolute atomic E-state index is 12.0. The number of halogens is 1. The number of sulfonamides is 1. The average Bonchev–Trinajstić information content (AvgIpc) is 2.61. The molecule has 0 aromatic heterocycles. The summed E-state index contributed by atoms with van der Waals surface area (Å²) < 4.78 is 72.2. The van der Waals surface area contributed by atoms with Crippen molar-refractivity contribution in [2.24, 2.45) is 0 Å². The Bertz CT molecular complexity index is 854. The topological polar surface area (TPSA) is 115 Å². The zero-order valence-corrected chi connectivity index (χ0v) is 18.7. The SMILES string of the molecule is CCS(=O)(=O)Cl.CCS(=O)(=O)OCCN(Cc1ccccc1)S(=O)(=O)CC. The van der Waals surface area contributed by atoms with Crippen LogP contribution in [0.5, 0.6) is 0 Å². The van der Waals surface area contributed by atoms with Gasteiger partial charge in [-0.3, -0.25) is 4.18 Å². The van der Waals surface area contributed by atoms with E-state index in [2.05, 4.69) is 10.7 Å². The van der Waals surface area contributed by atoms with Crippen LogP contribution in [0.3, 0.4) is 0 Å². The highest BCUT2D eigenvalue weighted by Crippen LogP contribution is 2.10. The van der Waals surface area contributed by atoms with Crippen LogP contribution in [0.2, 0.25) is 0 Å². The molecule has 8 nitrogen and oxygen atoms in total. The highest BCUT2D eigenvalue weighted by Gasteiger charge is 2.21. The fraction of sp³-hybridized carbons (Fsp3) is 0.600. The van der Waals surface area contributed by atoms with E-state index in [0.717, 1.165) is 5.56 Å². The normalized spacial score (nSPS) is 12.5. The predicted octanol–water partition coefficient (Wildman–Crippen LogP) is 1.78. The summed E-state index contributed by atoms with van der Waals surface area (Å²) >= 11 is 0. The molecule has 0 amide bonds. The monoisotopic (exact) mass is 463 g/mol. The van der Waals surface area contributed by atoms with Crippen LogP contribution < -0.4 is 0 Å². The lowest BCUT2D eigenvalue weighted by Crippen LogP contribution is -2.35. The fourth-order valence-electron chi connectivity index (χ4n) is 1.64. The second kappa shape index (κ2) is 12.0. The molecule has 1 aromatic carbocycles. The van der Waals surface area contributed by atoms with E-state index >= 15 is 0 Å². The Morgan fingerprint density at radius 3 is 1.81 bits per heavy atom. The Kier molecular flexibility index (Phi) is 11.7. The number of hydrogen-bond acceptors (Lipinski definition) is 7. The summed E-state index contributed by atoms with van der Waals surface area (Å²) in [4.78, 5) is 0. The minimum Gasteiger partial charge on any atom is -0.269 e. The van der Waals surface area contributed by atoms with E-state index in [0.29, 0.717) is 0 Å². The Morgan fingerprint density at radius 1 is 0.889 bits per heavy atom. The molecular weight excluding hydrogens is 438 g/mol. The largest absolute Gasteiger partial charge is 0.269 e. The van der Waals surface area contributed by atoms with Crippen molar-refractivity contribution in [3.05, 3.63) is 35.9 Å². The van der Waals surface area contributed by atoms with Gasteiger partial charge in [-0.2, -0.15) is 12.7 Å². The first-order chi connectivity index (χ1) is 12.4. The Morgan fingerprint density at radius 2 is 1.41 bits per heavy atom. The summed E-state index contributed by atoms with van der Waals surface area (Å²) in [7, 11) is -5.49. The van der Waals surface area contributed by atoms with Gasteiger partial charge >= 0.3 is 0 Å². The lowest BCUT2D eigenvalue weighted by atomic mass is 10.2. The molecule has 0 aliphatic rings. The second-order valence-corrected chi connectivity index (χ2v) is 12.5.